The number of rotatable bonds is 9. The third-order valence-electron chi connectivity index (χ3n) is 3.84. The van der Waals surface area contributed by atoms with Crippen LogP contribution in [0, 0.1) is 0 Å². The first-order chi connectivity index (χ1) is 11.1. The summed E-state index contributed by atoms with van der Waals surface area (Å²) in [5.74, 6) is -1.28. The van der Waals surface area contributed by atoms with Crippen molar-refractivity contribution in [3.8, 4) is 0 Å². The number of aliphatic carboxylic acids is 1. The molecule has 0 saturated carbocycles. The molecule has 1 aromatic rings. The van der Waals surface area contributed by atoms with Gasteiger partial charge in [0.25, 0.3) is 0 Å². The summed E-state index contributed by atoms with van der Waals surface area (Å²) in [6.07, 6.45) is 3.07. The number of hydrogen-bond acceptors (Lipinski definition) is 4. The lowest BCUT2D eigenvalue weighted by Gasteiger charge is -2.15. The zero-order valence-corrected chi connectivity index (χ0v) is 13.2. The predicted octanol–water partition coefficient (Wildman–Crippen LogP) is 0.911. The normalized spacial score (nSPS) is 18.0. The van der Waals surface area contributed by atoms with Crippen LogP contribution < -0.4 is 5.32 Å². The molecule has 1 aliphatic heterocycles. The average molecular weight is 320 g/mol. The van der Waals surface area contributed by atoms with Crippen molar-refractivity contribution in [2.24, 2.45) is 0 Å². The smallest absolute Gasteiger partial charge is 0.322 e. The van der Waals surface area contributed by atoms with Crippen LogP contribution in [0.2, 0.25) is 0 Å². The Bertz CT molecular complexity index is 507. The minimum Gasteiger partial charge on any atom is -0.480 e. The second-order valence-electron chi connectivity index (χ2n) is 5.78. The Morgan fingerprint density at radius 1 is 1.30 bits per heavy atom. The Hall–Kier alpha value is -1.92. The molecule has 1 amide bonds. The summed E-state index contributed by atoms with van der Waals surface area (Å²) in [6.45, 7) is 2.16. The summed E-state index contributed by atoms with van der Waals surface area (Å²) in [6, 6.07) is 10.3. The molecule has 6 heteroatoms. The van der Waals surface area contributed by atoms with Crippen molar-refractivity contribution in [1.82, 2.24) is 10.2 Å². The third-order valence-corrected chi connectivity index (χ3v) is 3.84. The lowest BCUT2D eigenvalue weighted by Crippen LogP contribution is -2.38. The second-order valence-corrected chi connectivity index (χ2v) is 5.78. The number of carboxylic acids is 1. The largest absolute Gasteiger partial charge is 0.480 e. The maximum atomic E-state index is 11.6. The lowest BCUT2D eigenvalue weighted by molar-refractivity contribution is -0.138. The number of ether oxygens (including phenoxy) is 1. The number of nitrogens with one attached hydrogen (secondary N) is 1. The van der Waals surface area contributed by atoms with Gasteiger partial charge in [-0.2, -0.15) is 0 Å². The van der Waals surface area contributed by atoms with Crippen LogP contribution >= 0.6 is 0 Å². The molecule has 2 N–H and O–H groups in total. The highest BCUT2D eigenvalue weighted by Gasteiger charge is 2.24. The van der Waals surface area contributed by atoms with Crippen LogP contribution in [0.1, 0.15) is 18.4 Å². The molecule has 1 unspecified atom stereocenters. The highest BCUT2D eigenvalue weighted by molar-refractivity contribution is 5.82. The first kappa shape index (κ1) is 17.4. The van der Waals surface area contributed by atoms with Crippen molar-refractivity contribution < 1.29 is 19.4 Å². The van der Waals surface area contributed by atoms with Gasteiger partial charge in [0.2, 0.25) is 5.91 Å². The molecule has 1 saturated heterocycles. The quantitative estimate of drug-likeness (QED) is 0.661. The highest BCUT2D eigenvalue weighted by Crippen LogP contribution is 2.13. The summed E-state index contributed by atoms with van der Waals surface area (Å²) in [5.41, 5.74) is 1.32. The van der Waals surface area contributed by atoms with Gasteiger partial charge in [-0.25, -0.2) is 0 Å². The van der Waals surface area contributed by atoms with Crippen LogP contribution in [0.5, 0.6) is 0 Å². The maximum Gasteiger partial charge on any atom is 0.322 e. The number of carbonyl (C=O) groups excluding carboxylic acids is 1. The number of benzene rings is 1. The van der Waals surface area contributed by atoms with Crippen LogP contribution in [0.4, 0.5) is 0 Å². The van der Waals surface area contributed by atoms with Gasteiger partial charge < -0.3 is 15.2 Å². The van der Waals surface area contributed by atoms with E-state index >= 15 is 0 Å². The second kappa shape index (κ2) is 9.27. The van der Waals surface area contributed by atoms with Gasteiger partial charge in [0, 0.05) is 19.7 Å². The molecule has 1 heterocycles. The molecule has 0 spiro atoms. The van der Waals surface area contributed by atoms with Crippen molar-refractivity contribution in [2.75, 3.05) is 32.8 Å². The Morgan fingerprint density at radius 3 is 2.83 bits per heavy atom. The van der Waals surface area contributed by atoms with E-state index in [1.807, 2.05) is 23.1 Å². The molecule has 6 nitrogen and oxygen atoms in total. The van der Waals surface area contributed by atoms with Gasteiger partial charge in [-0.3, -0.25) is 14.5 Å². The number of carbonyl (C=O) groups is 2. The third kappa shape index (κ3) is 6.80. The van der Waals surface area contributed by atoms with Crippen LogP contribution in [-0.4, -0.2) is 60.8 Å². The SMILES string of the molecule is O=C(O)CNC(=O)CN1CCC(OCCCc2ccccc2)C1. The van der Waals surface area contributed by atoms with Crippen molar-refractivity contribution >= 4 is 11.9 Å². The van der Waals surface area contributed by atoms with Crippen LogP contribution in [0.3, 0.4) is 0 Å². The van der Waals surface area contributed by atoms with Crippen LogP contribution in [0.25, 0.3) is 0 Å². The first-order valence-electron chi connectivity index (χ1n) is 8.00. The summed E-state index contributed by atoms with van der Waals surface area (Å²) < 4.78 is 5.87. The lowest BCUT2D eigenvalue weighted by atomic mass is 10.1. The molecule has 1 aromatic carbocycles. The van der Waals surface area contributed by atoms with Crippen LogP contribution in [-0.2, 0) is 20.7 Å². The maximum absolute atomic E-state index is 11.6. The van der Waals surface area contributed by atoms with Crippen LogP contribution in [0.15, 0.2) is 30.3 Å². The molecule has 126 valence electrons. The van der Waals surface area contributed by atoms with E-state index in [0.29, 0.717) is 0 Å². The number of amides is 1. The van der Waals surface area contributed by atoms with E-state index in [0.717, 1.165) is 39.0 Å². The molecule has 0 radical (unpaired) electrons. The van der Waals surface area contributed by atoms with Gasteiger partial charge in [-0.15, -0.1) is 0 Å². The molecular formula is C17H24N2O4. The number of likely N-dealkylation sites (tertiary alicyclic amines) is 1. The van der Waals surface area contributed by atoms with Crippen molar-refractivity contribution in [3.63, 3.8) is 0 Å². The van der Waals surface area contributed by atoms with E-state index in [4.69, 9.17) is 9.84 Å². The fourth-order valence-corrected chi connectivity index (χ4v) is 2.68. The molecular weight excluding hydrogens is 296 g/mol. The van der Waals surface area contributed by atoms with E-state index in [2.05, 4.69) is 17.4 Å². The standard InChI is InChI=1S/C17H24N2O4/c20-16(18-11-17(21)22)13-19-9-8-15(12-19)23-10-4-7-14-5-2-1-3-6-14/h1-3,5-6,15H,4,7-13H2,(H,18,20)(H,21,22). The molecule has 1 fully saturated rings. The molecule has 0 bridgehead atoms. The molecule has 23 heavy (non-hydrogen) atoms. The van der Waals surface area contributed by atoms with Gasteiger partial charge >= 0.3 is 5.97 Å². The Morgan fingerprint density at radius 2 is 2.09 bits per heavy atom. The number of carboxylic acid groups (broad SMARTS) is 1. The number of hydrogen-bond donors (Lipinski definition) is 2. The minimum atomic E-state index is -1.03. The number of aryl methyl sites for hydroxylation is 1. The monoisotopic (exact) mass is 320 g/mol. The predicted molar refractivity (Wildman–Crippen MR) is 86.2 cm³/mol. The van der Waals surface area contributed by atoms with Gasteiger partial charge in [0.15, 0.2) is 0 Å². The molecule has 1 atom stereocenters. The number of nitrogens with zero attached hydrogens (tertiary/aromatic N) is 1. The van der Waals surface area contributed by atoms with E-state index in [9.17, 15) is 9.59 Å². The van der Waals surface area contributed by atoms with Gasteiger partial charge in [-0.05, 0) is 24.8 Å². The van der Waals surface area contributed by atoms with E-state index < -0.39 is 5.97 Å². The minimum absolute atomic E-state index is 0.165. The molecule has 0 aromatic heterocycles. The van der Waals surface area contributed by atoms with Gasteiger partial charge in [-0.1, -0.05) is 30.3 Å². The Labute approximate surface area is 136 Å². The summed E-state index contributed by atoms with van der Waals surface area (Å²) >= 11 is 0. The van der Waals surface area contributed by atoms with Crippen molar-refractivity contribution in [3.05, 3.63) is 35.9 Å². The Kier molecular flexibility index (Phi) is 7.03. The van der Waals surface area contributed by atoms with E-state index in [1.165, 1.54) is 5.56 Å². The first-order valence-corrected chi connectivity index (χ1v) is 8.00. The summed E-state index contributed by atoms with van der Waals surface area (Å²) in [4.78, 5) is 24.0. The zero-order chi connectivity index (χ0) is 16.5. The molecule has 1 aliphatic rings. The van der Waals surface area contributed by atoms with Crippen molar-refractivity contribution in [2.45, 2.75) is 25.4 Å². The molecule has 0 aliphatic carbocycles. The van der Waals surface area contributed by atoms with Crippen molar-refractivity contribution in [1.29, 1.82) is 0 Å². The van der Waals surface area contributed by atoms with Gasteiger partial charge in [0.05, 0.1) is 12.6 Å². The van der Waals surface area contributed by atoms with Gasteiger partial charge in [0.1, 0.15) is 6.54 Å². The average Bonchev–Trinajstić information content (AvgIpc) is 2.98. The highest BCUT2D eigenvalue weighted by atomic mass is 16.5. The Balaban J connectivity index is 1.56. The molecule has 2 rings (SSSR count). The zero-order valence-electron chi connectivity index (χ0n) is 13.2. The summed E-state index contributed by atoms with van der Waals surface area (Å²) in [7, 11) is 0. The van der Waals surface area contributed by atoms with E-state index in [-0.39, 0.29) is 25.1 Å². The fraction of sp³-hybridized carbons (Fsp3) is 0.529. The fourth-order valence-electron chi connectivity index (χ4n) is 2.68. The summed E-state index contributed by atoms with van der Waals surface area (Å²) in [5, 5.41) is 10.9. The van der Waals surface area contributed by atoms with E-state index in [1.54, 1.807) is 0 Å². The topological polar surface area (TPSA) is 78.9 Å².